The Hall–Kier alpha value is -4.70. The Bertz CT molecular complexity index is 2350. The highest BCUT2D eigenvalue weighted by Gasteiger charge is 2.55. The predicted octanol–water partition coefficient (Wildman–Crippen LogP) is 12.9. The van der Waals surface area contributed by atoms with Crippen molar-refractivity contribution in [1.29, 1.82) is 0 Å². The van der Waals surface area contributed by atoms with E-state index in [1.165, 1.54) is 82.7 Å². The summed E-state index contributed by atoms with van der Waals surface area (Å²) >= 11 is 0. The first-order valence-electron chi connectivity index (χ1n) is 21.4. The monoisotopic (exact) mass is 758 g/mol. The van der Waals surface area contributed by atoms with E-state index in [0.717, 1.165) is 71.1 Å². The number of fused-ring (bicyclic) bond motifs is 10. The molecule has 0 radical (unpaired) electrons. The van der Waals surface area contributed by atoms with Crippen LogP contribution >= 0.6 is 0 Å². The third kappa shape index (κ3) is 5.91. The molecule has 5 aromatic carbocycles. The van der Waals surface area contributed by atoms with Crippen LogP contribution in [0.4, 0.5) is 0 Å². The van der Waals surface area contributed by atoms with E-state index < -0.39 is 5.60 Å². The van der Waals surface area contributed by atoms with Crippen LogP contribution < -0.4 is 18.9 Å². The van der Waals surface area contributed by atoms with Crippen molar-refractivity contribution in [3.63, 3.8) is 0 Å². The van der Waals surface area contributed by atoms with Gasteiger partial charge in [-0.25, -0.2) is 0 Å². The average Bonchev–Trinajstić information content (AvgIpc) is 3.40. The molecule has 4 nitrogen and oxygen atoms in total. The molecule has 1 heterocycles. The second kappa shape index (κ2) is 13.2. The summed E-state index contributed by atoms with van der Waals surface area (Å²) in [6.45, 7) is 9.84. The van der Waals surface area contributed by atoms with E-state index in [2.05, 4.69) is 101 Å². The minimum Gasteiger partial charge on any atom is -0.497 e. The molecule has 0 N–H and O–H groups in total. The Morgan fingerprint density at radius 3 is 2.02 bits per heavy atom. The Balaban J connectivity index is 1.30. The Morgan fingerprint density at radius 1 is 0.667 bits per heavy atom. The first-order chi connectivity index (χ1) is 27.4. The lowest BCUT2D eigenvalue weighted by Gasteiger charge is -2.41. The van der Waals surface area contributed by atoms with Crippen molar-refractivity contribution in [3.8, 4) is 34.1 Å². The summed E-state index contributed by atoms with van der Waals surface area (Å²) in [7, 11) is 5.34. The molecule has 294 valence electrons. The van der Waals surface area contributed by atoms with Gasteiger partial charge in [0.15, 0.2) is 5.60 Å². The van der Waals surface area contributed by atoms with Crippen molar-refractivity contribution in [1.82, 2.24) is 0 Å². The van der Waals surface area contributed by atoms with E-state index in [0.29, 0.717) is 0 Å². The summed E-state index contributed by atoms with van der Waals surface area (Å²) in [6.07, 6.45) is 15.8. The molecule has 4 unspecified atom stereocenters. The largest absolute Gasteiger partial charge is 0.497 e. The molecule has 4 atom stereocenters. The SMILES string of the molecule is COc1ccc(C2(c3ccc(OC)cc3)C=Cc3c4c(c5cc(OC)c(C67CC8CCC(C6)C(C8)C7)cc5c3O2)-c2ccccc2CC(C)(C)CC(C)(C)C4)cc1. The molecule has 3 bridgehead atoms. The standard InChI is InChI=1S/C53H58O4/c1-50(2)28-35-10-8-9-11-41(35)48-43-26-47(56-7)46(52-27-33-12-13-34(29-52)36(24-33)30-52)25-44(43)49-42(45(48)31-51(3,4)32-50)22-23-53(57-49,37-14-18-39(54-5)19-15-37)38-16-20-40(55-6)21-17-38/h8-11,14-23,25-26,33-34,36H,12-13,24,27-32H2,1-7H3. The molecule has 3 fully saturated rings. The van der Waals surface area contributed by atoms with Crippen molar-refractivity contribution in [2.75, 3.05) is 21.3 Å². The van der Waals surface area contributed by atoms with Crippen LogP contribution in [0.2, 0.25) is 0 Å². The molecule has 0 spiro atoms. The van der Waals surface area contributed by atoms with Crippen LogP contribution in [0.3, 0.4) is 0 Å². The zero-order valence-electron chi connectivity index (χ0n) is 35.0. The first kappa shape index (κ1) is 36.6. The Morgan fingerprint density at radius 2 is 1.33 bits per heavy atom. The summed E-state index contributed by atoms with van der Waals surface area (Å²) in [5, 5.41) is 2.42. The van der Waals surface area contributed by atoms with Gasteiger partial charge in [-0.1, -0.05) is 88.7 Å². The van der Waals surface area contributed by atoms with E-state index in [1.54, 1.807) is 14.2 Å². The van der Waals surface area contributed by atoms with Gasteiger partial charge < -0.3 is 18.9 Å². The second-order valence-corrected chi connectivity index (χ2v) is 19.9. The number of ether oxygens (including phenoxy) is 4. The van der Waals surface area contributed by atoms with Crippen LogP contribution in [0.5, 0.6) is 23.0 Å². The number of methoxy groups -OCH3 is 3. The van der Waals surface area contributed by atoms with Gasteiger partial charge in [0.25, 0.3) is 0 Å². The van der Waals surface area contributed by atoms with E-state index >= 15 is 0 Å². The second-order valence-electron chi connectivity index (χ2n) is 19.9. The maximum absolute atomic E-state index is 7.86. The maximum Gasteiger partial charge on any atom is 0.178 e. The fourth-order valence-corrected chi connectivity index (χ4v) is 13.1. The number of hydrogen-bond donors (Lipinski definition) is 0. The topological polar surface area (TPSA) is 36.9 Å². The van der Waals surface area contributed by atoms with Crippen LogP contribution in [-0.4, -0.2) is 21.3 Å². The lowest BCUT2D eigenvalue weighted by atomic mass is 9.64. The first-order valence-corrected chi connectivity index (χ1v) is 21.4. The van der Waals surface area contributed by atoms with Crippen molar-refractivity contribution in [3.05, 3.63) is 124 Å². The van der Waals surface area contributed by atoms with Crippen molar-refractivity contribution in [2.24, 2.45) is 28.6 Å². The molecule has 4 aliphatic carbocycles. The van der Waals surface area contributed by atoms with Crippen molar-refractivity contribution in [2.45, 2.75) is 96.5 Å². The molecule has 5 aliphatic rings. The van der Waals surface area contributed by atoms with Crippen molar-refractivity contribution < 1.29 is 18.9 Å². The quantitative estimate of drug-likeness (QED) is 0.173. The third-order valence-corrected chi connectivity index (χ3v) is 14.9. The zero-order chi connectivity index (χ0) is 39.3. The maximum atomic E-state index is 7.86. The van der Waals surface area contributed by atoms with Gasteiger partial charge in [-0.3, -0.25) is 0 Å². The van der Waals surface area contributed by atoms with E-state index in [-0.39, 0.29) is 16.2 Å². The highest BCUT2D eigenvalue weighted by atomic mass is 16.5. The lowest BCUT2D eigenvalue weighted by Crippen LogP contribution is -2.35. The summed E-state index contributed by atoms with van der Waals surface area (Å²) in [5.74, 6) is 6.13. The van der Waals surface area contributed by atoms with Gasteiger partial charge in [-0.15, -0.1) is 0 Å². The van der Waals surface area contributed by atoms with Crippen LogP contribution in [0.1, 0.15) is 106 Å². The van der Waals surface area contributed by atoms with Gasteiger partial charge in [0, 0.05) is 27.6 Å². The van der Waals surface area contributed by atoms with Crippen molar-refractivity contribution >= 4 is 16.8 Å². The normalized spacial score (nSPS) is 25.9. The highest BCUT2D eigenvalue weighted by Crippen LogP contribution is 2.64. The molecule has 3 saturated carbocycles. The number of benzene rings is 5. The molecule has 57 heavy (non-hydrogen) atoms. The smallest absolute Gasteiger partial charge is 0.178 e. The van der Waals surface area contributed by atoms with Gasteiger partial charge in [0.1, 0.15) is 23.0 Å². The van der Waals surface area contributed by atoms with Gasteiger partial charge in [0.2, 0.25) is 0 Å². The molecule has 0 saturated heterocycles. The summed E-state index contributed by atoms with van der Waals surface area (Å²) in [6, 6.07) is 31.0. The van der Waals surface area contributed by atoms with Crippen LogP contribution in [-0.2, 0) is 23.9 Å². The number of rotatable bonds is 6. The number of hydrogen-bond acceptors (Lipinski definition) is 4. The Labute approximate surface area is 339 Å². The Kier molecular flexibility index (Phi) is 8.46. The third-order valence-electron chi connectivity index (χ3n) is 14.9. The fourth-order valence-electron chi connectivity index (χ4n) is 13.1. The van der Waals surface area contributed by atoms with E-state index in [1.807, 2.05) is 31.4 Å². The van der Waals surface area contributed by atoms with Gasteiger partial charge in [0.05, 0.1) is 21.3 Å². The molecule has 5 aromatic rings. The minimum atomic E-state index is -0.887. The van der Waals surface area contributed by atoms with Crippen LogP contribution in [0.25, 0.3) is 28.0 Å². The molecular formula is C53H58O4. The molecule has 0 amide bonds. The van der Waals surface area contributed by atoms with Gasteiger partial charge in [-0.05, 0) is 155 Å². The molecule has 1 aliphatic heterocycles. The minimum absolute atomic E-state index is 0.0410. The lowest BCUT2D eigenvalue weighted by molar-refractivity contribution is 0.161. The molecule has 10 rings (SSSR count). The average molecular weight is 759 g/mol. The highest BCUT2D eigenvalue weighted by molar-refractivity contribution is 6.07. The van der Waals surface area contributed by atoms with Gasteiger partial charge >= 0.3 is 0 Å². The van der Waals surface area contributed by atoms with Crippen LogP contribution in [0.15, 0.2) is 91.0 Å². The fraction of sp³-hybridized carbons (Fsp3) is 0.434. The summed E-state index contributed by atoms with van der Waals surface area (Å²) < 4.78 is 25.7. The molecule has 4 heteroatoms. The molecule has 0 aromatic heterocycles. The predicted molar refractivity (Wildman–Crippen MR) is 232 cm³/mol. The summed E-state index contributed by atoms with van der Waals surface area (Å²) in [5.41, 5.74) is 9.59. The zero-order valence-corrected chi connectivity index (χ0v) is 35.0. The molecular weight excluding hydrogens is 701 g/mol. The van der Waals surface area contributed by atoms with E-state index in [9.17, 15) is 0 Å². The van der Waals surface area contributed by atoms with Gasteiger partial charge in [-0.2, -0.15) is 0 Å². The summed E-state index contributed by atoms with van der Waals surface area (Å²) in [4.78, 5) is 0. The van der Waals surface area contributed by atoms with Crippen LogP contribution in [0, 0.1) is 28.6 Å². The van der Waals surface area contributed by atoms with E-state index in [4.69, 9.17) is 18.9 Å².